The lowest BCUT2D eigenvalue weighted by atomic mass is 10.0. The maximum atomic E-state index is 12.1. The molecular formula is C17H26N2O3. The zero-order valence-corrected chi connectivity index (χ0v) is 13.8. The summed E-state index contributed by atoms with van der Waals surface area (Å²) in [4.78, 5) is 24.1. The number of benzene rings is 1. The van der Waals surface area contributed by atoms with E-state index in [4.69, 9.17) is 5.11 Å². The van der Waals surface area contributed by atoms with E-state index in [0.717, 1.165) is 29.7 Å². The van der Waals surface area contributed by atoms with Crippen molar-refractivity contribution in [2.24, 2.45) is 5.92 Å². The van der Waals surface area contributed by atoms with Crippen molar-refractivity contribution in [2.45, 2.75) is 46.6 Å². The van der Waals surface area contributed by atoms with Crippen LogP contribution in [0.25, 0.3) is 0 Å². The van der Waals surface area contributed by atoms with Gasteiger partial charge in [-0.15, -0.1) is 0 Å². The van der Waals surface area contributed by atoms with Gasteiger partial charge < -0.3 is 15.7 Å². The molecule has 3 N–H and O–H groups in total. The van der Waals surface area contributed by atoms with Gasteiger partial charge in [-0.1, -0.05) is 39.0 Å². The molecule has 1 aromatic rings. The second kappa shape index (κ2) is 8.54. The lowest BCUT2D eigenvalue weighted by Gasteiger charge is -2.19. The van der Waals surface area contributed by atoms with E-state index in [2.05, 4.69) is 10.6 Å². The van der Waals surface area contributed by atoms with Crippen molar-refractivity contribution in [3.05, 3.63) is 29.3 Å². The third kappa shape index (κ3) is 4.56. The SMILES string of the molecule is CCc1cccc(CC)c1NC(=O)C(=O)NC(C)C(C)CO. The third-order valence-electron chi connectivity index (χ3n) is 3.94. The van der Waals surface area contributed by atoms with E-state index in [1.807, 2.05) is 39.0 Å². The zero-order chi connectivity index (χ0) is 16.7. The molecule has 122 valence electrons. The van der Waals surface area contributed by atoms with Crippen molar-refractivity contribution in [3.8, 4) is 0 Å². The fourth-order valence-electron chi connectivity index (χ4n) is 2.15. The smallest absolute Gasteiger partial charge is 0.313 e. The molecule has 0 radical (unpaired) electrons. The molecule has 1 aromatic carbocycles. The monoisotopic (exact) mass is 306 g/mol. The lowest BCUT2D eigenvalue weighted by Crippen LogP contribution is -2.44. The molecule has 0 aliphatic heterocycles. The van der Waals surface area contributed by atoms with Gasteiger partial charge in [0.2, 0.25) is 0 Å². The van der Waals surface area contributed by atoms with Crippen LogP contribution in [0, 0.1) is 5.92 Å². The molecule has 0 bridgehead atoms. The number of anilines is 1. The Hall–Kier alpha value is -1.88. The number of hydrogen-bond donors (Lipinski definition) is 3. The molecular weight excluding hydrogens is 280 g/mol. The van der Waals surface area contributed by atoms with E-state index in [0.29, 0.717) is 0 Å². The molecule has 2 amide bonds. The number of aliphatic hydroxyl groups excluding tert-OH is 1. The molecule has 2 atom stereocenters. The molecule has 0 saturated heterocycles. The van der Waals surface area contributed by atoms with Gasteiger partial charge in [-0.3, -0.25) is 9.59 Å². The standard InChI is InChI=1S/C17H26N2O3/c1-5-13-8-7-9-14(6-2)15(13)19-17(22)16(21)18-12(4)11(3)10-20/h7-9,11-12,20H,5-6,10H2,1-4H3,(H,18,21)(H,19,22). The maximum absolute atomic E-state index is 12.1. The van der Waals surface area contributed by atoms with Gasteiger partial charge in [0.05, 0.1) is 0 Å². The molecule has 1 rings (SSSR count). The summed E-state index contributed by atoms with van der Waals surface area (Å²) in [6.07, 6.45) is 1.56. The largest absolute Gasteiger partial charge is 0.396 e. The van der Waals surface area contributed by atoms with Gasteiger partial charge in [-0.25, -0.2) is 0 Å². The number of aliphatic hydroxyl groups is 1. The van der Waals surface area contributed by atoms with Crippen LogP contribution in [-0.2, 0) is 22.4 Å². The Bertz CT molecular complexity index is 506. The molecule has 0 fully saturated rings. The van der Waals surface area contributed by atoms with Crippen molar-refractivity contribution in [1.82, 2.24) is 5.32 Å². The van der Waals surface area contributed by atoms with E-state index >= 15 is 0 Å². The predicted octanol–water partition coefficient (Wildman–Crippen LogP) is 1.88. The molecule has 0 aliphatic rings. The highest BCUT2D eigenvalue weighted by Gasteiger charge is 2.20. The van der Waals surface area contributed by atoms with Gasteiger partial charge in [-0.2, -0.15) is 0 Å². The number of aryl methyl sites for hydroxylation is 2. The Morgan fingerprint density at radius 3 is 2.09 bits per heavy atom. The Balaban J connectivity index is 2.82. The summed E-state index contributed by atoms with van der Waals surface area (Å²) in [7, 11) is 0. The van der Waals surface area contributed by atoms with Crippen molar-refractivity contribution < 1.29 is 14.7 Å². The number of rotatable bonds is 6. The molecule has 0 heterocycles. The first-order valence-electron chi connectivity index (χ1n) is 7.77. The van der Waals surface area contributed by atoms with E-state index in [1.54, 1.807) is 6.92 Å². The molecule has 5 heteroatoms. The zero-order valence-electron chi connectivity index (χ0n) is 13.8. The summed E-state index contributed by atoms with van der Waals surface area (Å²) >= 11 is 0. The average molecular weight is 306 g/mol. The van der Waals surface area contributed by atoms with Crippen LogP contribution in [0.1, 0.15) is 38.8 Å². The van der Waals surface area contributed by atoms with Gasteiger partial charge in [0.15, 0.2) is 0 Å². The Morgan fingerprint density at radius 2 is 1.64 bits per heavy atom. The quantitative estimate of drug-likeness (QED) is 0.702. The molecule has 5 nitrogen and oxygen atoms in total. The lowest BCUT2D eigenvalue weighted by molar-refractivity contribution is -0.136. The second-order valence-electron chi connectivity index (χ2n) is 5.53. The summed E-state index contributed by atoms with van der Waals surface area (Å²) < 4.78 is 0. The van der Waals surface area contributed by atoms with Crippen LogP contribution in [-0.4, -0.2) is 29.6 Å². The highest BCUT2D eigenvalue weighted by molar-refractivity contribution is 6.39. The Kier molecular flexibility index (Phi) is 7.05. The summed E-state index contributed by atoms with van der Waals surface area (Å²) in [6.45, 7) is 7.56. The molecule has 0 aliphatic carbocycles. The highest BCUT2D eigenvalue weighted by Crippen LogP contribution is 2.22. The third-order valence-corrected chi connectivity index (χ3v) is 3.94. The normalized spacial score (nSPS) is 13.3. The summed E-state index contributed by atoms with van der Waals surface area (Å²) in [6, 6.07) is 5.58. The van der Waals surface area contributed by atoms with Crippen LogP contribution in [0.5, 0.6) is 0 Å². The fraction of sp³-hybridized carbons (Fsp3) is 0.529. The fourth-order valence-corrected chi connectivity index (χ4v) is 2.15. The van der Waals surface area contributed by atoms with Crippen LogP contribution < -0.4 is 10.6 Å². The van der Waals surface area contributed by atoms with Gasteiger partial charge >= 0.3 is 11.8 Å². The molecule has 22 heavy (non-hydrogen) atoms. The molecule has 0 aromatic heterocycles. The first-order chi connectivity index (χ1) is 10.4. The number of carbonyl (C=O) groups excluding carboxylic acids is 2. The minimum Gasteiger partial charge on any atom is -0.396 e. The Morgan fingerprint density at radius 1 is 1.09 bits per heavy atom. The predicted molar refractivity (Wildman–Crippen MR) is 87.7 cm³/mol. The first kappa shape index (κ1) is 18.2. The van der Waals surface area contributed by atoms with Gasteiger partial charge in [0.1, 0.15) is 0 Å². The second-order valence-corrected chi connectivity index (χ2v) is 5.53. The van der Waals surface area contributed by atoms with E-state index in [1.165, 1.54) is 0 Å². The van der Waals surface area contributed by atoms with Crippen molar-refractivity contribution in [2.75, 3.05) is 11.9 Å². The maximum Gasteiger partial charge on any atom is 0.313 e. The number of hydrogen-bond acceptors (Lipinski definition) is 3. The molecule has 0 saturated carbocycles. The minimum absolute atomic E-state index is 0.0400. The van der Waals surface area contributed by atoms with Crippen LogP contribution >= 0.6 is 0 Å². The van der Waals surface area contributed by atoms with E-state index in [-0.39, 0.29) is 18.6 Å². The van der Waals surface area contributed by atoms with Gasteiger partial charge in [0.25, 0.3) is 0 Å². The van der Waals surface area contributed by atoms with Crippen LogP contribution in [0.4, 0.5) is 5.69 Å². The number of carbonyl (C=O) groups is 2. The van der Waals surface area contributed by atoms with Gasteiger partial charge in [0, 0.05) is 18.3 Å². The molecule has 2 unspecified atom stereocenters. The van der Waals surface area contributed by atoms with Crippen LogP contribution in [0.2, 0.25) is 0 Å². The van der Waals surface area contributed by atoms with Crippen molar-refractivity contribution >= 4 is 17.5 Å². The summed E-state index contributed by atoms with van der Waals surface area (Å²) in [5, 5.41) is 14.4. The molecule has 0 spiro atoms. The van der Waals surface area contributed by atoms with Gasteiger partial charge in [-0.05, 0) is 36.8 Å². The summed E-state index contributed by atoms with van der Waals surface area (Å²) in [5.41, 5.74) is 2.75. The topological polar surface area (TPSA) is 78.4 Å². The van der Waals surface area contributed by atoms with Crippen molar-refractivity contribution in [3.63, 3.8) is 0 Å². The number of nitrogens with one attached hydrogen (secondary N) is 2. The van der Waals surface area contributed by atoms with Crippen LogP contribution in [0.15, 0.2) is 18.2 Å². The number of amides is 2. The Labute approximate surface area is 132 Å². The highest BCUT2D eigenvalue weighted by atomic mass is 16.3. The first-order valence-corrected chi connectivity index (χ1v) is 7.77. The van der Waals surface area contributed by atoms with E-state index < -0.39 is 11.8 Å². The number of para-hydroxylation sites is 1. The van der Waals surface area contributed by atoms with Crippen LogP contribution in [0.3, 0.4) is 0 Å². The minimum atomic E-state index is -0.680. The average Bonchev–Trinajstić information content (AvgIpc) is 2.53. The van der Waals surface area contributed by atoms with Crippen molar-refractivity contribution in [1.29, 1.82) is 0 Å². The summed E-state index contributed by atoms with van der Waals surface area (Å²) in [5.74, 6) is -1.46. The van der Waals surface area contributed by atoms with E-state index in [9.17, 15) is 9.59 Å².